The molecule has 0 aliphatic carbocycles. The number of aldehydes is 1. The summed E-state index contributed by atoms with van der Waals surface area (Å²) in [4.78, 5) is 13.6. The number of hydrogen-bond donors (Lipinski definition) is 1. The number of pyridine rings is 1. The number of rotatable bonds is 7. The number of carbonyl (C=O) groups is 1. The number of thioether (sulfide) groups is 1. The summed E-state index contributed by atoms with van der Waals surface area (Å²) >= 11 is 1.53. The average Bonchev–Trinajstić information content (AvgIpc) is 3.42. The minimum Gasteiger partial charge on any atom is -0.372 e. The van der Waals surface area contributed by atoms with Crippen LogP contribution < -0.4 is 5.32 Å². The van der Waals surface area contributed by atoms with Crippen LogP contribution in [0.25, 0.3) is 16.6 Å². The summed E-state index contributed by atoms with van der Waals surface area (Å²) in [6, 6.07) is 4.75. The molecular formula is C24H27N7OS. The minimum absolute atomic E-state index is 0.403. The van der Waals surface area contributed by atoms with Crippen molar-refractivity contribution < 1.29 is 4.79 Å². The van der Waals surface area contributed by atoms with Crippen LogP contribution in [0.3, 0.4) is 0 Å². The third kappa shape index (κ3) is 4.72. The van der Waals surface area contributed by atoms with Crippen molar-refractivity contribution in [3.05, 3.63) is 59.2 Å². The highest BCUT2D eigenvalue weighted by atomic mass is 32.2. The van der Waals surface area contributed by atoms with E-state index in [0.717, 1.165) is 64.5 Å². The van der Waals surface area contributed by atoms with E-state index >= 15 is 0 Å². The lowest BCUT2D eigenvalue weighted by Gasteiger charge is -2.24. The normalized spacial score (nSPS) is 15.3. The monoisotopic (exact) mass is 461 g/mol. The van der Waals surface area contributed by atoms with Crippen LogP contribution in [0.15, 0.2) is 52.8 Å². The van der Waals surface area contributed by atoms with Crippen molar-refractivity contribution in [1.82, 2.24) is 29.6 Å². The number of nitriles is 1. The fraction of sp³-hybridized carbons (Fsp3) is 0.333. The lowest BCUT2D eigenvalue weighted by Crippen LogP contribution is -2.30. The second-order valence-electron chi connectivity index (χ2n) is 8.15. The van der Waals surface area contributed by atoms with Gasteiger partial charge in [0.1, 0.15) is 12.4 Å². The molecule has 33 heavy (non-hydrogen) atoms. The standard InChI is InChI=1S/C24H27N7OS/c1-17-21(15-28-31(17)20-7-9-26-10-8-20)18-12-22(24-19(13-25)14-27-30(24)16-18)33-23(29(2)3)6-4-5-11-32/h4-6,11-12,14-16,20,26H,7-10H2,1-3H3/b5-4-,23-6+. The Balaban J connectivity index is 1.80. The number of fused-ring (bicyclic) bond motifs is 1. The van der Waals surface area contributed by atoms with Crippen molar-refractivity contribution in [1.29, 1.82) is 5.26 Å². The minimum atomic E-state index is 0.403. The molecule has 0 saturated carbocycles. The summed E-state index contributed by atoms with van der Waals surface area (Å²) in [5.41, 5.74) is 4.47. The van der Waals surface area contributed by atoms with Crippen molar-refractivity contribution in [2.24, 2.45) is 0 Å². The summed E-state index contributed by atoms with van der Waals surface area (Å²) in [7, 11) is 3.90. The molecule has 1 aliphatic rings. The van der Waals surface area contributed by atoms with Gasteiger partial charge in [-0.1, -0.05) is 17.8 Å². The molecule has 4 heterocycles. The third-order valence-electron chi connectivity index (χ3n) is 5.79. The van der Waals surface area contributed by atoms with Crippen LogP contribution in [-0.2, 0) is 4.79 Å². The number of nitrogens with zero attached hydrogens (tertiary/aromatic N) is 6. The number of aromatic nitrogens is 4. The van der Waals surface area contributed by atoms with Gasteiger partial charge in [0.25, 0.3) is 0 Å². The molecule has 170 valence electrons. The number of nitrogens with one attached hydrogen (secondary N) is 1. The van der Waals surface area contributed by atoms with Gasteiger partial charge in [0.15, 0.2) is 0 Å². The van der Waals surface area contributed by atoms with E-state index in [1.807, 2.05) is 37.5 Å². The number of hydrogen-bond acceptors (Lipinski definition) is 7. The second kappa shape index (κ2) is 10.1. The average molecular weight is 462 g/mol. The van der Waals surface area contributed by atoms with Gasteiger partial charge in [-0.25, -0.2) is 4.52 Å². The molecule has 1 fully saturated rings. The van der Waals surface area contributed by atoms with Gasteiger partial charge in [0.05, 0.1) is 34.5 Å². The zero-order chi connectivity index (χ0) is 23.4. The van der Waals surface area contributed by atoms with E-state index in [4.69, 9.17) is 5.10 Å². The topological polar surface area (TPSA) is 91.2 Å². The van der Waals surface area contributed by atoms with Crippen molar-refractivity contribution in [2.45, 2.75) is 30.7 Å². The van der Waals surface area contributed by atoms with Crippen LogP contribution in [0.5, 0.6) is 0 Å². The Bertz CT molecular complexity index is 1260. The first-order valence-electron chi connectivity index (χ1n) is 10.9. The summed E-state index contributed by atoms with van der Waals surface area (Å²) in [6.07, 6.45) is 13.4. The Labute approximate surface area is 197 Å². The maximum absolute atomic E-state index is 10.7. The fourth-order valence-electron chi connectivity index (χ4n) is 4.09. The molecule has 4 rings (SSSR count). The molecule has 1 saturated heterocycles. The Morgan fingerprint density at radius 1 is 1.27 bits per heavy atom. The maximum atomic E-state index is 10.7. The molecule has 3 aromatic rings. The van der Waals surface area contributed by atoms with Crippen LogP contribution in [0.2, 0.25) is 0 Å². The van der Waals surface area contributed by atoms with E-state index in [2.05, 4.69) is 34.2 Å². The van der Waals surface area contributed by atoms with Gasteiger partial charge in [-0.3, -0.25) is 9.48 Å². The highest BCUT2D eigenvalue weighted by molar-refractivity contribution is 8.03. The zero-order valence-corrected chi connectivity index (χ0v) is 19.8. The zero-order valence-electron chi connectivity index (χ0n) is 19.0. The molecule has 3 aromatic heterocycles. The molecule has 0 aromatic carbocycles. The fourth-order valence-corrected chi connectivity index (χ4v) is 5.13. The molecular weight excluding hydrogens is 434 g/mol. The predicted molar refractivity (Wildman–Crippen MR) is 130 cm³/mol. The first-order valence-corrected chi connectivity index (χ1v) is 11.7. The van der Waals surface area contributed by atoms with E-state index in [9.17, 15) is 10.1 Å². The number of carbonyl (C=O) groups excluding carboxylic acids is 1. The largest absolute Gasteiger partial charge is 0.372 e. The lowest BCUT2D eigenvalue weighted by atomic mass is 10.1. The van der Waals surface area contributed by atoms with Crippen molar-refractivity contribution in [2.75, 3.05) is 27.2 Å². The summed E-state index contributed by atoms with van der Waals surface area (Å²) in [6.45, 7) is 4.13. The van der Waals surface area contributed by atoms with Crippen LogP contribution in [0.4, 0.5) is 0 Å². The Kier molecular flexibility index (Phi) is 6.96. The molecule has 0 bridgehead atoms. The van der Waals surface area contributed by atoms with Crippen LogP contribution >= 0.6 is 11.8 Å². The van der Waals surface area contributed by atoms with Crippen LogP contribution in [0, 0.1) is 18.3 Å². The summed E-state index contributed by atoms with van der Waals surface area (Å²) in [5, 5.41) is 23.1. The van der Waals surface area contributed by atoms with Gasteiger partial charge in [0.2, 0.25) is 0 Å². The first kappa shape index (κ1) is 22.8. The van der Waals surface area contributed by atoms with E-state index in [1.165, 1.54) is 17.8 Å². The number of piperidine rings is 1. The Hall–Kier alpha value is -3.35. The van der Waals surface area contributed by atoms with E-state index in [1.54, 1.807) is 16.8 Å². The van der Waals surface area contributed by atoms with E-state index < -0.39 is 0 Å². The second-order valence-corrected chi connectivity index (χ2v) is 9.21. The van der Waals surface area contributed by atoms with Crippen LogP contribution in [0.1, 0.15) is 30.1 Å². The molecule has 1 aliphatic heterocycles. The number of allylic oxidation sites excluding steroid dienone is 3. The van der Waals surface area contributed by atoms with Gasteiger partial charge < -0.3 is 10.2 Å². The molecule has 0 spiro atoms. The maximum Gasteiger partial charge on any atom is 0.142 e. The Morgan fingerprint density at radius 3 is 2.76 bits per heavy atom. The molecule has 8 nitrogen and oxygen atoms in total. The molecule has 0 amide bonds. The molecule has 0 atom stereocenters. The predicted octanol–water partition coefficient (Wildman–Crippen LogP) is 3.55. The first-order chi connectivity index (χ1) is 16.0. The van der Waals surface area contributed by atoms with Gasteiger partial charge in [-0.2, -0.15) is 15.5 Å². The summed E-state index contributed by atoms with van der Waals surface area (Å²) < 4.78 is 3.92. The van der Waals surface area contributed by atoms with Gasteiger partial charge >= 0.3 is 0 Å². The van der Waals surface area contributed by atoms with Crippen LogP contribution in [-0.4, -0.2) is 57.8 Å². The Morgan fingerprint density at radius 2 is 2.06 bits per heavy atom. The van der Waals surface area contributed by atoms with E-state index in [-0.39, 0.29) is 0 Å². The highest BCUT2D eigenvalue weighted by Crippen LogP contribution is 2.37. The third-order valence-corrected chi connectivity index (χ3v) is 7.03. The van der Waals surface area contributed by atoms with Gasteiger partial charge in [0, 0.05) is 42.0 Å². The molecule has 9 heteroatoms. The highest BCUT2D eigenvalue weighted by Gasteiger charge is 2.21. The van der Waals surface area contributed by atoms with Crippen molar-refractivity contribution in [3.63, 3.8) is 0 Å². The van der Waals surface area contributed by atoms with Gasteiger partial charge in [-0.15, -0.1) is 0 Å². The molecule has 0 radical (unpaired) electrons. The SMILES string of the molecule is Cc1c(-c2cc(S/C(=C/C=C\C=O)N(C)C)c3c(C#N)cnn3c2)cnn1C1CCNCC1. The summed E-state index contributed by atoms with van der Waals surface area (Å²) in [5.74, 6) is 0. The smallest absolute Gasteiger partial charge is 0.142 e. The molecule has 1 N–H and O–H groups in total. The quantitative estimate of drug-likeness (QED) is 0.249. The van der Waals surface area contributed by atoms with Gasteiger partial charge in [-0.05, 0) is 51.1 Å². The molecule has 0 unspecified atom stereocenters. The van der Waals surface area contributed by atoms with Crippen molar-refractivity contribution >= 4 is 23.6 Å². The van der Waals surface area contributed by atoms with E-state index in [0.29, 0.717) is 11.6 Å². The van der Waals surface area contributed by atoms with Crippen molar-refractivity contribution in [3.8, 4) is 17.2 Å². The lowest BCUT2D eigenvalue weighted by molar-refractivity contribution is -0.104.